The summed E-state index contributed by atoms with van der Waals surface area (Å²) in [6.07, 6.45) is 1.00. The van der Waals surface area contributed by atoms with Crippen molar-refractivity contribution in [3.8, 4) is 6.07 Å². The van der Waals surface area contributed by atoms with E-state index in [4.69, 9.17) is 15.1 Å². The van der Waals surface area contributed by atoms with Gasteiger partial charge in [0.15, 0.2) is 6.10 Å². The first-order chi connectivity index (χ1) is 5.88. The van der Waals surface area contributed by atoms with Gasteiger partial charge in [0.05, 0.1) is 23.6 Å². The number of aliphatic hydroxyl groups excluding tert-OH is 1. The monoisotopic (exact) mass is 184 g/mol. The van der Waals surface area contributed by atoms with Gasteiger partial charge < -0.3 is 9.84 Å². The van der Waals surface area contributed by atoms with Gasteiger partial charge in [-0.05, 0) is 0 Å². The highest BCUT2D eigenvalue weighted by Gasteiger charge is 2.11. The third-order valence-electron chi connectivity index (χ3n) is 1.20. The maximum atomic E-state index is 8.65. The molecular formula is C7H8N2O2S. The van der Waals surface area contributed by atoms with Crippen LogP contribution >= 0.6 is 11.3 Å². The van der Waals surface area contributed by atoms with Gasteiger partial charge in [-0.3, -0.25) is 4.98 Å². The molecule has 1 heterocycles. The lowest BCUT2D eigenvalue weighted by atomic mass is 10.3. The minimum absolute atomic E-state index is 0.0724. The molecule has 1 atom stereocenters. The summed E-state index contributed by atoms with van der Waals surface area (Å²) in [5, 5.41) is 17.1. The first-order valence-electron chi connectivity index (χ1n) is 3.39. The molecule has 4 nitrogen and oxygen atoms in total. The first-order valence-corrected chi connectivity index (χ1v) is 4.27. The standard InChI is InChI=1S/C7H8N2O2S/c8-3-6(11-2-1-10)7-4-9-5-12-7/h4-6,10H,1-2H2. The lowest BCUT2D eigenvalue weighted by molar-refractivity contribution is 0.0598. The van der Waals surface area contributed by atoms with Gasteiger partial charge in [0.2, 0.25) is 0 Å². The van der Waals surface area contributed by atoms with Gasteiger partial charge in [-0.15, -0.1) is 11.3 Å². The second kappa shape index (κ2) is 4.83. The topological polar surface area (TPSA) is 66.1 Å². The Labute approximate surface area is 74.1 Å². The van der Waals surface area contributed by atoms with Crippen molar-refractivity contribution in [3.05, 3.63) is 16.6 Å². The van der Waals surface area contributed by atoms with E-state index in [1.54, 1.807) is 11.7 Å². The van der Waals surface area contributed by atoms with Crippen molar-refractivity contribution in [2.75, 3.05) is 13.2 Å². The van der Waals surface area contributed by atoms with Crippen LogP contribution in [0, 0.1) is 11.3 Å². The number of thiazole rings is 1. The SMILES string of the molecule is N#CC(OCCO)c1cncs1. The molecule has 1 unspecified atom stereocenters. The number of nitrogens with zero attached hydrogens (tertiary/aromatic N) is 2. The van der Waals surface area contributed by atoms with Crippen LogP contribution in [0.1, 0.15) is 11.0 Å². The van der Waals surface area contributed by atoms with Crippen molar-refractivity contribution in [2.45, 2.75) is 6.10 Å². The van der Waals surface area contributed by atoms with E-state index < -0.39 is 6.10 Å². The summed E-state index contributed by atoms with van der Waals surface area (Å²) in [6.45, 7) is 0.104. The zero-order valence-electron chi connectivity index (χ0n) is 6.30. The molecule has 1 aromatic rings. The Bertz CT molecular complexity index is 255. The van der Waals surface area contributed by atoms with Gasteiger partial charge in [-0.1, -0.05) is 0 Å². The van der Waals surface area contributed by atoms with Gasteiger partial charge >= 0.3 is 0 Å². The summed E-state index contributed by atoms with van der Waals surface area (Å²) in [5.74, 6) is 0. The summed E-state index contributed by atoms with van der Waals surface area (Å²) in [6, 6.07) is 1.98. The van der Waals surface area contributed by atoms with Crippen molar-refractivity contribution in [1.29, 1.82) is 5.26 Å². The number of hydrogen-bond acceptors (Lipinski definition) is 5. The van der Waals surface area contributed by atoms with Crippen molar-refractivity contribution >= 4 is 11.3 Å². The molecule has 1 rings (SSSR count). The fraction of sp³-hybridized carbons (Fsp3) is 0.429. The largest absolute Gasteiger partial charge is 0.394 e. The quantitative estimate of drug-likeness (QED) is 0.748. The van der Waals surface area contributed by atoms with Crippen LogP contribution in [0.15, 0.2) is 11.7 Å². The van der Waals surface area contributed by atoms with Crippen LogP contribution in [0.5, 0.6) is 0 Å². The number of hydrogen-bond donors (Lipinski definition) is 1. The molecule has 0 saturated heterocycles. The third kappa shape index (κ3) is 2.27. The normalized spacial score (nSPS) is 12.3. The second-order valence-corrected chi connectivity index (χ2v) is 2.93. The molecular weight excluding hydrogens is 176 g/mol. The van der Waals surface area contributed by atoms with Crippen LogP contribution in [0.3, 0.4) is 0 Å². The van der Waals surface area contributed by atoms with Crippen LogP contribution < -0.4 is 0 Å². The van der Waals surface area contributed by atoms with E-state index in [1.807, 2.05) is 6.07 Å². The van der Waals surface area contributed by atoms with Crippen LogP contribution in [-0.2, 0) is 4.74 Å². The van der Waals surface area contributed by atoms with Crippen LogP contribution in [0.25, 0.3) is 0 Å². The van der Waals surface area contributed by atoms with Gasteiger partial charge in [0, 0.05) is 6.20 Å². The molecule has 0 spiro atoms. The maximum absolute atomic E-state index is 8.65. The van der Waals surface area contributed by atoms with Gasteiger partial charge in [0.1, 0.15) is 6.07 Å². The lowest BCUT2D eigenvalue weighted by Crippen LogP contribution is -2.04. The lowest BCUT2D eigenvalue weighted by Gasteiger charge is -2.05. The number of rotatable bonds is 4. The van der Waals surface area contributed by atoms with Gasteiger partial charge in [-0.2, -0.15) is 5.26 Å². The van der Waals surface area contributed by atoms with E-state index >= 15 is 0 Å². The fourth-order valence-electron chi connectivity index (χ4n) is 0.709. The summed E-state index contributed by atoms with van der Waals surface area (Å²) in [5.41, 5.74) is 1.64. The average molecular weight is 184 g/mol. The molecule has 0 fully saturated rings. The van der Waals surface area contributed by atoms with Crippen molar-refractivity contribution in [2.24, 2.45) is 0 Å². The summed E-state index contributed by atoms with van der Waals surface area (Å²) >= 11 is 1.37. The highest BCUT2D eigenvalue weighted by atomic mass is 32.1. The summed E-state index contributed by atoms with van der Waals surface area (Å²) < 4.78 is 5.04. The molecule has 5 heteroatoms. The molecule has 1 N–H and O–H groups in total. The Morgan fingerprint density at radius 2 is 2.67 bits per heavy atom. The molecule has 0 aliphatic rings. The molecule has 0 amide bonds. The Morgan fingerprint density at radius 3 is 3.17 bits per heavy atom. The minimum Gasteiger partial charge on any atom is -0.394 e. The highest BCUT2D eigenvalue weighted by Crippen LogP contribution is 2.19. The first kappa shape index (κ1) is 9.13. The zero-order valence-corrected chi connectivity index (χ0v) is 7.12. The van der Waals surface area contributed by atoms with Gasteiger partial charge in [0.25, 0.3) is 0 Å². The molecule has 0 saturated carbocycles. The Hall–Kier alpha value is -0.960. The fourth-order valence-corrected chi connectivity index (χ4v) is 1.32. The predicted molar refractivity (Wildman–Crippen MR) is 43.5 cm³/mol. The Balaban J connectivity index is 2.53. The predicted octanol–water partition coefficient (Wildman–Crippen LogP) is 0.717. The number of nitriles is 1. The summed E-state index contributed by atoms with van der Waals surface area (Å²) in [4.78, 5) is 4.59. The number of ether oxygens (including phenoxy) is 1. The van der Waals surface area contributed by atoms with E-state index in [2.05, 4.69) is 4.98 Å². The van der Waals surface area contributed by atoms with Crippen molar-refractivity contribution in [3.63, 3.8) is 0 Å². The second-order valence-electron chi connectivity index (χ2n) is 2.01. The smallest absolute Gasteiger partial charge is 0.179 e. The van der Waals surface area contributed by atoms with E-state index in [9.17, 15) is 0 Å². The van der Waals surface area contributed by atoms with E-state index in [0.29, 0.717) is 0 Å². The van der Waals surface area contributed by atoms with Crippen molar-refractivity contribution in [1.82, 2.24) is 4.98 Å². The van der Waals surface area contributed by atoms with E-state index in [0.717, 1.165) is 4.88 Å². The number of aliphatic hydroxyl groups is 1. The average Bonchev–Trinajstić information content (AvgIpc) is 2.59. The zero-order chi connectivity index (χ0) is 8.81. The van der Waals surface area contributed by atoms with E-state index in [-0.39, 0.29) is 13.2 Å². The molecule has 0 bridgehead atoms. The van der Waals surface area contributed by atoms with Gasteiger partial charge in [-0.25, -0.2) is 0 Å². The van der Waals surface area contributed by atoms with Crippen LogP contribution in [0.2, 0.25) is 0 Å². The highest BCUT2D eigenvalue weighted by molar-refractivity contribution is 7.09. The summed E-state index contributed by atoms with van der Waals surface area (Å²) in [7, 11) is 0. The van der Waals surface area contributed by atoms with Crippen LogP contribution in [0.4, 0.5) is 0 Å². The van der Waals surface area contributed by atoms with E-state index in [1.165, 1.54) is 11.3 Å². The number of aromatic nitrogens is 1. The molecule has 1 aromatic heterocycles. The van der Waals surface area contributed by atoms with Crippen molar-refractivity contribution < 1.29 is 9.84 Å². The van der Waals surface area contributed by atoms with Crippen LogP contribution in [-0.4, -0.2) is 23.3 Å². The molecule has 12 heavy (non-hydrogen) atoms. The molecule has 64 valence electrons. The molecule has 0 aliphatic heterocycles. The third-order valence-corrected chi connectivity index (χ3v) is 2.02. The molecule has 0 radical (unpaired) electrons. The molecule has 0 aliphatic carbocycles. The Morgan fingerprint density at radius 1 is 1.83 bits per heavy atom. The Kier molecular flexibility index (Phi) is 3.67. The minimum atomic E-state index is -0.593. The molecule has 0 aromatic carbocycles. The maximum Gasteiger partial charge on any atom is 0.179 e.